The Bertz CT molecular complexity index is 801. The lowest BCUT2D eigenvalue weighted by Gasteiger charge is -2.21. The van der Waals surface area contributed by atoms with E-state index < -0.39 is 17.8 Å². The molecule has 4 N–H and O–H groups in total. The van der Waals surface area contributed by atoms with Crippen LogP contribution in [0, 0.1) is 5.82 Å². The first-order chi connectivity index (χ1) is 11.0. The van der Waals surface area contributed by atoms with Crippen LogP contribution in [0.1, 0.15) is 6.42 Å². The van der Waals surface area contributed by atoms with Crippen LogP contribution in [0.15, 0.2) is 28.4 Å². The first-order valence-corrected chi connectivity index (χ1v) is 7.00. The number of rotatable bonds is 3. The molecular formula is C14H14FN5O3. The molecule has 2 amide bonds. The number of benzene rings is 1. The summed E-state index contributed by atoms with van der Waals surface area (Å²) in [5, 5.41) is 22.8. The molecule has 1 fully saturated rings. The molecule has 3 rings (SSSR count). The molecular weight excluding hydrogens is 305 g/mol. The van der Waals surface area contributed by atoms with Crippen molar-refractivity contribution in [1.29, 1.82) is 0 Å². The molecule has 120 valence electrons. The van der Waals surface area contributed by atoms with Crippen molar-refractivity contribution < 1.29 is 19.1 Å². The summed E-state index contributed by atoms with van der Waals surface area (Å²) < 4.78 is 13.3. The van der Waals surface area contributed by atoms with Crippen LogP contribution >= 0.6 is 0 Å². The smallest absolute Gasteiger partial charge is 0.266 e. The van der Waals surface area contributed by atoms with Gasteiger partial charge in [0.2, 0.25) is 11.8 Å². The summed E-state index contributed by atoms with van der Waals surface area (Å²) in [6, 6.07) is 3.21. The molecule has 1 aliphatic heterocycles. The highest BCUT2D eigenvalue weighted by atomic mass is 19.1. The van der Waals surface area contributed by atoms with E-state index in [1.54, 1.807) is 0 Å². The predicted octanol–water partition coefficient (Wildman–Crippen LogP) is 1.10. The fourth-order valence-corrected chi connectivity index (χ4v) is 2.37. The van der Waals surface area contributed by atoms with Crippen LogP contribution in [0.3, 0.4) is 0 Å². The molecule has 0 bridgehead atoms. The van der Waals surface area contributed by atoms with Gasteiger partial charge in [0.25, 0.3) is 5.91 Å². The highest BCUT2D eigenvalue weighted by molar-refractivity contribution is 5.94. The van der Waals surface area contributed by atoms with Crippen molar-refractivity contribution in [1.82, 2.24) is 15.6 Å². The van der Waals surface area contributed by atoms with Crippen LogP contribution in [-0.4, -0.2) is 41.0 Å². The molecule has 2 aromatic rings. The lowest BCUT2D eigenvalue weighted by Crippen LogP contribution is -2.53. The molecule has 8 nitrogen and oxygen atoms in total. The monoisotopic (exact) mass is 319 g/mol. The maximum Gasteiger partial charge on any atom is 0.266 e. The van der Waals surface area contributed by atoms with Gasteiger partial charge in [-0.3, -0.25) is 9.59 Å². The van der Waals surface area contributed by atoms with Crippen LogP contribution in [0.2, 0.25) is 0 Å². The lowest BCUT2D eigenvalue weighted by molar-refractivity contribution is -0.128. The van der Waals surface area contributed by atoms with Crippen molar-refractivity contribution in [3.05, 3.63) is 24.0 Å². The first kappa shape index (κ1) is 15.1. The number of azo groups is 1. The fourth-order valence-electron chi connectivity index (χ4n) is 2.37. The average molecular weight is 319 g/mol. The molecule has 1 atom stereocenters. The molecule has 1 aromatic carbocycles. The fraction of sp³-hybridized carbons (Fsp3) is 0.286. The molecule has 1 saturated heterocycles. The van der Waals surface area contributed by atoms with Gasteiger partial charge >= 0.3 is 0 Å². The summed E-state index contributed by atoms with van der Waals surface area (Å²) >= 11 is 0. The summed E-state index contributed by atoms with van der Waals surface area (Å²) in [6.07, 6.45) is -0.146. The lowest BCUT2D eigenvalue weighted by atomic mass is 10.1. The Kier molecular flexibility index (Phi) is 4.02. The van der Waals surface area contributed by atoms with Crippen LogP contribution in [-0.2, 0) is 9.59 Å². The van der Waals surface area contributed by atoms with Gasteiger partial charge in [-0.25, -0.2) is 4.39 Å². The number of halogens is 1. The van der Waals surface area contributed by atoms with E-state index in [4.69, 9.17) is 0 Å². The van der Waals surface area contributed by atoms with Gasteiger partial charge in [0.1, 0.15) is 5.82 Å². The summed E-state index contributed by atoms with van der Waals surface area (Å²) in [7, 11) is 0. The number of amides is 2. The van der Waals surface area contributed by atoms with Gasteiger partial charge in [-0.05, 0) is 18.2 Å². The Morgan fingerprint density at radius 1 is 1.39 bits per heavy atom. The molecule has 2 heterocycles. The molecule has 9 heteroatoms. The van der Waals surface area contributed by atoms with Gasteiger partial charge in [-0.15, -0.1) is 10.2 Å². The summed E-state index contributed by atoms with van der Waals surface area (Å²) in [6.45, 7) is 1.09. The van der Waals surface area contributed by atoms with Crippen molar-refractivity contribution in [2.75, 3.05) is 13.1 Å². The summed E-state index contributed by atoms with van der Waals surface area (Å²) in [5.74, 6) is -1.69. The van der Waals surface area contributed by atoms with E-state index in [0.29, 0.717) is 24.0 Å². The van der Waals surface area contributed by atoms with Gasteiger partial charge in [-0.2, -0.15) is 0 Å². The standard InChI is InChI=1S/C14H14FN5O3/c15-7-1-2-9-8(5-7)12(14(23)18-9)20-19-11(21)6-10-13(22)17-4-3-16-10/h1-2,5,10,16,18,23H,3-4,6H2,(H,17,22)/t10-/m1/s1. The number of H-pyrrole nitrogens is 1. The van der Waals surface area contributed by atoms with E-state index in [1.165, 1.54) is 18.2 Å². The highest BCUT2D eigenvalue weighted by Gasteiger charge is 2.24. The first-order valence-electron chi connectivity index (χ1n) is 7.00. The van der Waals surface area contributed by atoms with E-state index in [9.17, 15) is 19.1 Å². The number of nitrogens with zero attached hydrogens (tertiary/aromatic N) is 2. The van der Waals surface area contributed by atoms with Crippen molar-refractivity contribution in [2.45, 2.75) is 12.5 Å². The molecule has 0 spiro atoms. The van der Waals surface area contributed by atoms with Crippen LogP contribution in [0.5, 0.6) is 5.88 Å². The van der Waals surface area contributed by atoms with E-state index in [1.807, 2.05) is 0 Å². The maximum absolute atomic E-state index is 13.3. The largest absolute Gasteiger partial charge is 0.493 e. The van der Waals surface area contributed by atoms with Gasteiger partial charge in [0.05, 0.1) is 18.0 Å². The van der Waals surface area contributed by atoms with Crippen molar-refractivity contribution in [3.63, 3.8) is 0 Å². The number of piperazine rings is 1. The number of hydrogen-bond acceptors (Lipinski definition) is 5. The van der Waals surface area contributed by atoms with Crippen LogP contribution < -0.4 is 10.6 Å². The Hall–Kier alpha value is -2.81. The third-order valence-corrected chi connectivity index (χ3v) is 3.49. The molecule has 0 unspecified atom stereocenters. The second kappa shape index (κ2) is 6.13. The summed E-state index contributed by atoms with van der Waals surface area (Å²) in [5.41, 5.74) is 0.451. The number of aromatic amines is 1. The molecule has 0 radical (unpaired) electrons. The van der Waals surface area contributed by atoms with Gasteiger partial charge in [0, 0.05) is 18.5 Å². The van der Waals surface area contributed by atoms with E-state index >= 15 is 0 Å². The normalized spacial score (nSPS) is 18.5. The second-order valence-corrected chi connectivity index (χ2v) is 5.11. The Labute approximate surface area is 129 Å². The van der Waals surface area contributed by atoms with Gasteiger partial charge < -0.3 is 20.7 Å². The quantitative estimate of drug-likeness (QED) is 0.633. The van der Waals surface area contributed by atoms with E-state index in [0.717, 1.165) is 0 Å². The number of aromatic nitrogens is 1. The van der Waals surface area contributed by atoms with E-state index in [2.05, 4.69) is 25.8 Å². The van der Waals surface area contributed by atoms with Gasteiger partial charge in [0.15, 0.2) is 5.69 Å². The minimum Gasteiger partial charge on any atom is -0.493 e. The second-order valence-electron chi connectivity index (χ2n) is 5.11. The van der Waals surface area contributed by atoms with E-state index in [-0.39, 0.29) is 23.9 Å². The number of carbonyl (C=O) groups excluding carboxylic acids is 2. The molecule has 0 saturated carbocycles. The highest BCUT2D eigenvalue weighted by Crippen LogP contribution is 2.35. The zero-order chi connectivity index (χ0) is 16.4. The number of hydrogen-bond donors (Lipinski definition) is 4. The number of fused-ring (bicyclic) bond motifs is 1. The zero-order valence-corrected chi connectivity index (χ0v) is 12.0. The average Bonchev–Trinajstić information content (AvgIpc) is 2.82. The van der Waals surface area contributed by atoms with Crippen LogP contribution in [0.25, 0.3) is 10.9 Å². The third kappa shape index (κ3) is 3.19. The maximum atomic E-state index is 13.3. The Balaban J connectivity index is 1.77. The molecule has 1 aliphatic rings. The van der Waals surface area contributed by atoms with Gasteiger partial charge in [-0.1, -0.05) is 0 Å². The zero-order valence-electron chi connectivity index (χ0n) is 12.0. The summed E-state index contributed by atoms with van der Waals surface area (Å²) in [4.78, 5) is 26.0. The minimum absolute atomic E-state index is 0.0195. The number of nitrogens with one attached hydrogen (secondary N) is 3. The Morgan fingerprint density at radius 3 is 3.00 bits per heavy atom. The SMILES string of the molecule is O=C(C[C@H]1NCCNC1=O)N=Nc1c(O)[nH]c2ccc(F)cc12. The van der Waals surface area contributed by atoms with Crippen LogP contribution in [0.4, 0.5) is 10.1 Å². The van der Waals surface area contributed by atoms with Crippen molar-refractivity contribution in [3.8, 4) is 5.88 Å². The topological polar surface area (TPSA) is 119 Å². The van der Waals surface area contributed by atoms with Crippen molar-refractivity contribution >= 4 is 28.4 Å². The van der Waals surface area contributed by atoms with Crippen molar-refractivity contribution in [2.24, 2.45) is 10.2 Å². The third-order valence-electron chi connectivity index (χ3n) is 3.49. The number of aromatic hydroxyl groups is 1. The molecule has 1 aromatic heterocycles. The Morgan fingerprint density at radius 2 is 2.22 bits per heavy atom. The molecule has 0 aliphatic carbocycles. The minimum atomic E-state index is -0.649. The predicted molar refractivity (Wildman–Crippen MR) is 78.9 cm³/mol. The number of carbonyl (C=O) groups is 2. The molecule has 23 heavy (non-hydrogen) atoms.